The fourth-order valence-corrected chi connectivity index (χ4v) is 2.08. The zero-order valence-electron chi connectivity index (χ0n) is 9.17. The molecule has 1 aliphatic rings. The zero-order chi connectivity index (χ0) is 11.0. The highest BCUT2D eigenvalue weighted by Gasteiger charge is 2.21. The van der Waals surface area contributed by atoms with Crippen LogP contribution in [-0.4, -0.2) is 5.84 Å². The molecule has 1 atom stereocenters. The standard InChI is InChI=1S/C13H12N2O.ClH/c14-13-10-5-2-1-4-9(10)8-11(15-13)12-6-3-7-16-12;/h1-7,11H,8H2,(H2,14,15);1H. The van der Waals surface area contributed by atoms with Gasteiger partial charge in [0.2, 0.25) is 0 Å². The van der Waals surface area contributed by atoms with Crippen LogP contribution in [0.25, 0.3) is 0 Å². The van der Waals surface area contributed by atoms with E-state index in [1.807, 2.05) is 30.3 Å². The minimum absolute atomic E-state index is 0. The number of benzene rings is 1. The van der Waals surface area contributed by atoms with Gasteiger partial charge in [-0.2, -0.15) is 0 Å². The second-order valence-corrected chi connectivity index (χ2v) is 3.91. The van der Waals surface area contributed by atoms with E-state index in [-0.39, 0.29) is 18.4 Å². The van der Waals surface area contributed by atoms with Crippen LogP contribution >= 0.6 is 12.4 Å². The first-order valence-electron chi connectivity index (χ1n) is 5.29. The molecule has 1 unspecified atom stereocenters. The largest absolute Gasteiger partial charge is 0.467 e. The van der Waals surface area contributed by atoms with E-state index in [2.05, 4.69) is 11.1 Å². The molecule has 2 heterocycles. The van der Waals surface area contributed by atoms with Crippen molar-refractivity contribution in [3.63, 3.8) is 0 Å². The van der Waals surface area contributed by atoms with Gasteiger partial charge in [0.25, 0.3) is 0 Å². The van der Waals surface area contributed by atoms with E-state index in [4.69, 9.17) is 10.2 Å². The van der Waals surface area contributed by atoms with Crippen LogP contribution in [0.3, 0.4) is 0 Å². The number of amidine groups is 1. The van der Waals surface area contributed by atoms with Gasteiger partial charge < -0.3 is 10.2 Å². The van der Waals surface area contributed by atoms with Crippen LogP contribution in [0.2, 0.25) is 0 Å². The number of nitrogens with zero attached hydrogens (tertiary/aromatic N) is 1. The van der Waals surface area contributed by atoms with E-state index in [9.17, 15) is 0 Å². The molecule has 0 amide bonds. The van der Waals surface area contributed by atoms with E-state index in [0.29, 0.717) is 5.84 Å². The van der Waals surface area contributed by atoms with Gasteiger partial charge in [0, 0.05) is 12.0 Å². The molecule has 2 N–H and O–H groups in total. The Morgan fingerprint density at radius 1 is 1.18 bits per heavy atom. The van der Waals surface area contributed by atoms with E-state index in [1.165, 1.54) is 5.56 Å². The summed E-state index contributed by atoms with van der Waals surface area (Å²) >= 11 is 0. The molecule has 17 heavy (non-hydrogen) atoms. The minimum Gasteiger partial charge on any atom is -0.467 e. The molecule has 0 bridgehead atoms. The van der Waals surface area contributed by atoms with Gasteiger partial charge >= 0.3 is 0 Å². The lowest BCUT2D eigenvalue weighted by Gasteiger charge is -2.19. The van der Waals surface area contributed by atoms with Gasteiger partial charge in [0.05, 0.1) is 6.26 Å². The van der Waals surface area contributed by atoms with Gasteiger partial charge in [0.15, 0.2) is 0 Å². The maximum Gasteiger partial charge on any atom is 0.128 e. The monoisotopic (exact) mass is 248 g/mol. The van der Waals surface area contributed by atoms with Crippen molar-refractivity contribution < 1.29 is 4.42 Å². The van der Waals surface area contributed by atoms with Crippen molar-refractivity contribution in [1.82, 2.24) is 0 Å². The van der Waals surface area contributed by atoms with Gasteiger partial charge in [-0.05, 0) is 17.7 Å². The number of aliphatic imine (C=N–C) groups is 1. The predicted molar refractivity (Wildman–Crippen MR) is 69.6 cm³/mol. The van der Waals surface area contributed by atoms with Crippen LogP contribution in [0.1, 0.15) is 22.9 Å². The maximum absolute atomic E-state index is 5.95. The molecule has 3 rings (SSSR count). The second kappa shape index (κ2) is 4.63. The van der Waals surface area contributed by atoms with Crippen molar-refractivity contribution in [2.24, 2.45) is 10.7 Å². The summed E-state index contributed by atoms with van der Waals surface area (Å²) in [6.07, 6.45) is 2.52. The van der Waals surface area contributed by atoms with Crippen molar-refractivity contribution in [1.29, 1.82) is 0 Å². The third kappa shape index (κ3) is 2.06. The SMILES string of the molecule is Cl.NC1=NC(c2ccco2)Cc2ccccc21. The fourth-order valence-electron chi connectivity index (χ4n) is 2.08. The van der Waals surface area contributed by atoms with Crippen LogP contribution in [0.5, 0.6) is 0 Å². The summed E-state index contributed by atoms with van der Waals surface area (Å²) in [6, 6.07) is 11.9. The number of hydrogen-bond acceptors (Lipinski definition) is 3. The lowest BCUT2D eigenvalue weighted by molar-refractivity contribution is 0.463. The highest BCUT2D eigenvalue weighted by molar-refractivity contribution is 5.99. The van der Waals surface area contributed by atoms with E-state index < -0.39 is 0 Å². The van der Waals surface area contributed by atoms with Gasteiger partial charge in [0.1, 0.15) is 17.6 Å². The molecule has 0 saturated carbocycles. The first kappa shape index (κ1) is 11.7. The highest BCUT2D eigenvalue weighted by atomic mass is 35.5. The molecule has 2 aromatic rings. The fraction of sp³-hybridized carbons (Fsp3) is 0.154. The molecule has 0 aliphatic carbocycles. The van der Waals surface area contributed by atoms with Crippen molar-refractivity contribution in [2.45, 2.75) is 12.5 Å². The van der Waals surface area contributed by atoms with Crippen molar-refractivity contribution >= 4 is 18.2 Å². The number of rotatable bonds is 1. The number of nitrogens with two attached hydrogens (primary N) is 1. The number of hydrogen-bond donors (Lipinski definition) is 1. The minimum atomic E-state index is 0. The lowest BCUT2D eigenvalue weighted by Crippen LogP contribution is -2.22. The molecular formula is C13H13ClN2O. The van der Waals surface area contributed by atoms with E-state index >= 15 is 0 Å². The summed E-state index contributed by atoms with van der Waals surface area (Å²) in [6.45, 7) is 0. The summed E-state index contributed by atoms with van der Waals surface area (Å²) in [4.78, 5) is 4.47. The summed E-state index contributed by atoms with van der Waals surface area (Å²) in [5, 5.41) is 0. The highest BCUT2D eigenvalue weighted by Crippen LogP contribution is 2.28. The van der Waals surface area contributed by atoms with E-state index in [1.54, 1.807) is 6.26 Å². The Morgan fingerprint density at radius 2 is 2.00 bits per heavy atom. The van der Waals surface area contributed by atoms with Gasteiger partial charge in [-0.3, -0.25) is 4.99 Å². The van der Waals surface area contributed by atoms with Crippen LogP contribution in [-0.2, 0) is 6.42 Å². The van der Waals surface area contributed by atoms with Gasteiger partial charge in [-0.1, -0.05) is 24.3 Å². The van der Waals surface area contributed by atoms with Crippen LogP contribution in [0.4, 0.5) is 0 Å². The Balaban J connectivity index is 0.00000108. The molecule has 1 aliphatic heterocycles. The Morgan fingerprint density at radius 3 is 2.76 bits per heavy atom. The van der Waals surface area contributed by atoms with Crippen LogP contribution < -0.4 is 5.73 Å². The third-order valence-corrected chi connectivity index (χ3v) is 2.87. The number of furan rings is 1. The first-order chi connectivity index (χ1) is 7.84. The topological polar surface area (TPSA) is 51.5 Å². The average molecular weight is 249 g/mol. The zero-order valence-corrected chi connectivity index (χ0v) is 9.98. The summed E-state index contributed by atoms with van der Waals surface area (Å²) in [5.41, 5.74) is 8.23. The first-order valence-corrected chi connectivity index (χ1v) is 5.29. The molecule has 0 radical (unpaired) electrons. The second-order valence-electron chi connectivity index (χ2n) is 3.91. The molecule has 0 fully saturated rings. The third-order valence-electron chi connectivity index (χ3n) is 2.87. The van der Waals surface area contributed by atoms with Crippen LogP contribution in [0, 0.1) is 0 Å². The molecule has 1 aromatic heterocycles. The quantitative estimate of drug-likeness (QED) is 0.844. The van der Waals surface area contributed by atoms with Crippen molar-refractivity contribution in [3.05, 3.63) is 59.5 Å². The van der Waals surface area contributed by atoms with Gasteiger partial charge in [-0.25, -0.2) is 0 Å². The normalized spacial score (nSPS) is 17.9. The smallest absolute Gasteiger partial charge is 0.128 e. The van der Waals surface area contributed by atoms with Crippen molar-refractivity contribution in [2.75, 3.05) is 0 Å². The molecule has 3 nitrogen and oxygen atoms in total. The molecule has 88 valence electrons. The molecular weight excluding hydrogens is 236 g/mol. The summed E-state index contributed by atoms with van der Waals surface area (Å²) in [5.74, 6) is 1.47. The Labute approximate surface area is 106 Å². The van der Waals surface area contributed by atoms with Crippen molar-refractivity contribution in [3.8, 4) is 0 Å². The Bertz CT molecular complexity index is 534. The van der Waals surface area contributed by atoms with E-state index in [0.717, 1.165) is 17.7 Å². The number of halogens is 1. The number of fused-ring (bicyclic) bond motifs is 1. The maximum atomic E-state index is 5.95. The lowest BCUT2D eigenvalue weighted by atomic mass is 9.95. The molecule has 0 spiro atoms. The Hall–Kier alpha value is -1.74. The predicted octanol–water partition coefficient (Wildman–Crippen LogP) is 2.70. The summed E-state index contributed by atoms with van der Waals surface area (Å²) in [7, 11) is 0. The molecule has 0 saturated heterocycles. The Kier molecular flexibility index (Phi) is 3.20. The van der Waals surface area contributed by atoms with Gasteiger partial charge in [-0.15, -0.1) is 12.4 Å². The molecule has 4 heteroatoms. The molecule has 1 aromatic carbocycles. The average Bonchev–Trinajstić information content (AvgIpc) is 2.82. The summed E-state index contributed by atoms with van der Waals surface area (Å²) < 4.78 is 5.37. The van der Waals surface area contributed by atoms with Crippen LogP contribution in [0.15, 0.2) is 52.1 Å².